The van der Waals surface area contributed by atoms with E-state index in [4.69, 9.17) is 10.5 Å². The fourth-order valence-electron chi connectivity index (χ4n) is 2.01. The van der Waals surface area contributed by atoms with Crippen LogP contribution in [0.25, 0.3) is 0 Å². The second-order valence-electron chi connectivity index (χ2n) is 4.17. The third-order valence-corrected chi connectivity index (χ3v) is 2.68. The molecule has 2 N–H and O–H groups in total. The van der Waals surface area contributed by atoms with Crippen LogP contribution in [0.15, 0.2) is 24.4 Å². The zero-order valence-electron chi connectivity index (χ0n) is 8.44. The van der Waals surface area contributed by atoms with Crippen LogP contribution in [0.5, 0.6) is 0 Å². The van der Waals surface area contributed by atoms with Gasteiger partial charge in [-0.2, -0.15) is 0 Å². The molecule has 1 fully saturated rings. The molecular weight excluding hydrogens is 176 g/mol. The summed E-state index contributed by atoms with van der Waals surface area (Å²) < 4.78 is 5.30. The van der Waals surface area contributed by atoms with Crippen molar-refractivity contribution in [1.29, 1.82) is 0 Å². The fourth-order valence-corrected chi connectivity index (χ4v) is 2.01. The number of pyridine rings is 1. The van der Waals surface area contributed by atoms with Crippen molar-refractivity contribution in [1.82, 2.24) is 4.98 Å². The van der Waals surface area contributed by atoms with Gasteiger partial charge >= 0.3 is 0 Å². The van der Waals surface area contributed by atoms with Gasteiger partial charge in [-0.3, -0.25) is 4.98 Å². The molecule has 0 amide bonds. The fraction of sp³-hybridized carbons (Fsp3) is 0.545. The maximum absolute atomic E-state index is 5.84. The molecule has 1 saturated heterocycles. The Balaban J connectivity index is 2.20. The Morgan fingerprint density at radius 1 is 1.57 bits per heavy atom. The Bertz CT molecular complexity index is 293. The summed E-state index contributed by atoms with van der Waals surface area (Å²) in [5.74, 6) is 0. The van der Waals surface area contributed by atoms with Crippen LogP contribution in [-0.2, 0) is 10.2 Å². The number of rotatable bonds is 3. The van der Waals surface area contributed by atoms with E-state index >= 15 is 0 Å². The molecule has 76 valence electrons. The molecular formula is C11H16N2O. The minimum atomic E-state index is 0.0788. The lowest BCUT2D eigenvalue weighted by atomic mass is 9.77. The predicted molar refractivity (Wildman–Crippen MR) is 55.0 cm³/mol. The highest BCUT2D eigenvalue weighted by Gasteiger charge is 2.41. The number of aromatic nitrogens is 1. The van der Waals surface area contributed by atoms with Crippen molar-refractivity contribution in [2.45, 2.75) is 24.8 Å². The molecule has 0 aliphatic carbocycles. The van der Waals surface area contributed by atoms with Crippen LogP contribution in [0, 0.1) is 0 Å². The molecule has 1 aliphatic heterocycles. The first kappa shape index (κ1) is 9.62. The summed E-state index contributed by atoms with van der Waals surface area (Å²) in [6, 6.07) is 6.21. The summed E-state index contributed by atoms with van der Waals surface area (Å²) >= 11 is 0. The third-order valence-electron chi connectivity index (χ3n) is 2.68. The van der Waals surface area contributed by atoms with Gasteiger partial charge in [-0.25, -0.2) is 0 Å². The molecule has 1 aliphatic rings. The first-order chi connectivity index (χ1) is 6.73. The van der Waals surface area contributed by atoms with Crippen molar-refractivity contribution in [3.63, 3.8) is 0 Å². The van der Waals surface area contributed by atoms with Crippen LogP contribution < -0.4 is 5.73 Å². The van der Waals surface area contributed by atoms with E-state index in [1.165, 1.54) is 0 Å². The van der Waals surface area contributed by atoms with E-state index in [9.17, 15) is 0 Å². The average Bonchev–Trinajstić information content (AvgIpc) is 2.12. The lowest BCUT2D eigenvalue weighted by molar-refractivity contribution is -0.0686. The van der Waals surface area contributed by atoms with Crippen LogP contribution >= 0.6 is 0 Å². The maximum Gasteiger partial charge on any atom is 0.0607 e. The van der Waals surface area contributed by atoms with Crippen molar-refractivity contribution >= 4 is 0 Å². The van der Waals surface area contributed by atoms with Crippen LogP contribution in [0.4, 0.5) is 0 Å². The Kier molecular flexibility index (Phi) is 2.52. The summed E-state index contributed by atoms with van der Waals surface area (Å²) in [5.41, 5.74) is 7.04. The smallest absolute Gasteiger partial charge is 0.0607 e. The molecule has 1 aromatic rings. The van der Waals surface area contributed by atoms with Gasteiger partial charge in [0.05, 0.1) is 24.3 Å². The highest BCUT2D eigenvalue weighted by molar-refractivity contribution is 5.20. The molecule has 1 atom stereocenters. The summed E-state index contributed by atoms with van der Waals surface area (Å²) in [7, 11) is 0. The summed E-state index contributed by atoms with van der Waals surface area (Å²) in [6.07, 6.45) is 2.78. The minimum Gasteiger partial charge on any atom is -0.379 e. The van der Waals surface area contributed by atoms with Gasteiger partial charge in [0, 0.05) is 12.2 Å². The van der Waals surface area contributed by atoms with Crippen molar-refractivity contribution in [2.24, 2.45) is 5.73 Å². The van der Waals surface area contributed by atoms with Gasteiger partial charge in [0.2, 0.25) is 0 Å². The van der Waals surface area contributed by atoms with E-state index in [1.807, 2.05) is 25.3 Å². The molecule has 2 heterocycles. The number of hydrogen-bond donors (Lipinski definition) is 1. The predicted octanol–water partition coefficient (Wildman–Crippen LogP) is 1.09. The zero-order chi connectivity index (χ0) is 10.0. The van der Waals surface area contributed by atoms with E-state index in [0.717, 1.165) is 25.3 Å². The van der Waals surface area contributed by atoms with Gasteiger partial charge in [0.15, 0.2) is 0 Å². The lowest BCUT2D eigenvalue weighted by Crippen LogP contribution is -2.50. The van der Waals surface area contributed by atoms with Crippen LogP contribution in [0.1, 0.15) is 19.0 Å². The number of nitrogens with zero attached hydrogens (tertiary/aromatic N) is 1. The van der Waals surface area contributed by atoms with Crippen molar-refractivity contribution in [2.75, 3.05) is 13.2 Å². The molecule has 0 saturated carbocycles. The Hall–Kier alpha value is -0.930. The molecule has 14 heavy (non-hydrogen) atoms. The van der Waals surface area contributed by atoms with E-state index < -0.39 is 0 Å². The second-order valence-corrected chi connectivity index (χ2v) is 4.17. The second kappa shape index (κ2) is 3.67. The maximum atomic E-state index is 5.84. The molecule has 0 aromatic carbocycles. The molecule has 1 aromatic heterocycles. The summed E-state index contributed by atoms with van der Waals surface area (Å²) in [4.78, 5) is 4.39. The van der Waals surface area contributed by atoms with E-state index in [2.05, 4.69) is 11.1 Å². The molecule has 3 nitrogen and oxygen atoms in total. The van der Waals surface area contributed by atoms with Gasteiger partial charge in [-0.1, -0.05) is 6.07 Å². The normalized spacial score (nSPS) is 21.3. The highest BCUT2D eigenvalue weighted by atomic mass is 16.5. The Labute approximate surface area is 84.3 Å². The van der Waals surface area contributed by atoms with Gasteiger partial charge in [-0.05, 0) is 25.5 Å². The topological polar surface area (TPSA) is 48.1 Å². The van der Waals surface area contributed by atoms with E-state index in [1.54, 1.807) is 0 Å². The minimum absolute atomic E-state index is 0.0788. The zero-order valence-corrected chi connectivity index (χ0v) is 8.44. The Morgan fingerprint density at radius 2 is 2.36 bits per heavy atom. The third kappa shape index (κ3) is 1.65. The van der Waals surface area contributed by atoms with E-state index in [0.29, 0.717) is 0 Å². The van der Waals surface area contributed by atoms with Gasteiger partial charge in [-0.15, -0.1) is 0 Å². The van der Waals surface area contributed by atoms with Crippen molar-refractivity contribution < 1.29 is 4.74 Å². The number of hydrogen-bond acceptors (Lipinski definition) is 3. The van der Waals surface area contributed by atoms with Gasteiger partial charge < -0.3 is 10.5 Å². The van der Waals surface area contributed by atoms with Gasteiger partial charge in [0.1, 0.15) is 0 Å². The van der Waals surface area contributed by atoms with Crippen molar-refractivity contribution in [3.8, 4) is 0 Å². The first-order valence-electron chi connectivity index (χ1n) is 4.98. The first-order valence-corrected chi connectivity index (χ1v) is 4.98. The molecule has 2 rings (SSSR count). The monoisotopic (exact) mass is 192 g/mol. The molecule has 1 unspecified atom stereocenters. The quantitative estimate of drug-likeness (QED) is 0.779. The highest BCUT2D eigenvalue weighted by Crippen LogP contribution is 2.34. The lowest BCUT2D eigenvalue weighted by Gasteiger charge is -2.42. The number of nitrogens with two attached hydrogens (primary N) is 1. The molecule has 0 bridgehead atoms. The number of ether oxygens (including phenoxy) is 1. The van der Waals surface area contributed by atoms with Gasteiger partial charge in [0.25, 0.3) is 0 Å². The van der Waals surface area contributed by atoms with Crippen molar-refractivity contribution in [3.05, 3.63) is 30.1 Å². The summed E-state index contributed by atoms with van der Waals surface area (Å²) in [5, 5.41) is 0. The largest absolute Gasteiger partial charge is 0.379 e. The van der Waals surface area contributed by atoms with Crippen LogP contribution in [0.3, 0.4) is 0 Å². The average molecular weight is 192 g/mol. The molecule has 0 spiro atoms. The molecule has 3 heteroatoms. The summed E-state index contributed by atoms with van der Waals surface area (Å²) in [6.45, 7) is 3.54. The Morgan fingerprint density at radius 3 is 2.79 bits per heavy atom. The van der Waals surface area contributed by atoms with Crippen LogP contribution in [0.2, 0.25) is 0 Å². The van der Waals surface area contributed by atoms with Crippen LogP contribution in [-0.4, -0.2) is 24.2 Å². The molecule has 0 radical (unpaired) electrons. The standard InChI is InChI=1S/C11H16N2O/c1-9(12)6-11(7-14-8-11)10-4-2-3-5-13-10/h2-5,9H,6-8,12H2,1H3. The SMILES string of the molecule is CC(N)CC1(c2ccccn2)COC1. The van der Waals surface area contributed by atoms with E-state index in [-0.39, 0.29) is 11.5 Å².